The highest BCUT2D eigenvalue weighted by Gasteiger charge is 2.26. The molecule has 2 heterocycles. The molecule has 33 heavy (non-hydrogen) atoms. The van der Waals surface area contributed by atoms with Crippen LogP contribution in [-0.4, -0.2) is 53.9 Å². The number of carbonyl (C=O) groups excluding carboxylic acids is 1. The van der Waals surface area contributed by atoms with Crippen molar-refractivity contribution >= 4 is 11.9 Å². The average molecular weight is 448 g/mol. The first kappa shape index (κ1) is 23.3. The summed E-state index contributed by atoms with van der Waals surface area (Å²) in [5, 5.41) is 7.10. The maximum atomic E-state index is 11.9. The van der Waals surface area contributed by atoms with E-state index in [0.29, 0.717) is 31.6 Å². The van der Waals surface area contributed by atoms with Gasteiger partial charge in [0.05, 0.1) is 0 Å². The van der Waals surface area contributed by atoms with E-state index >= 15 is 0 Å². The summed E-state index contributed by atoms with van der Waals surface area (Å²) in [4.78, 5) is 20.9. The van der Waals surface area contributed by atoms with E-state index in [2.05, 4.69) is 82.0 Å². The van der Waals surface area contributed by atoms with Crippen LogP contribution in [0.4, 0.5) is 0 Å². The van der Waals surface area contributed by atoms with E-state index in [1.54, 1.807) is 0 Å². The van der Waals surface area contributed by atoms with Crippen molar-refractivity contribution in [2.24, 2.45) is 4.99 Å². The molecule has 0 aromatic heterocycles. The Labute approximate surface area is 198 Å². The van der Waals surface area contributed by atoms with Gasteiger partial charge in [-0.2, -0.15) is 0 Å². The Morgan fingerprint density at radius 3 is 2.55 bits per heavy atom. The normalized spacial score (nSPS) is 21.9. The van der Waals surface area contributed by atoms with Gasteiger partial charge >= 0.3 is 0 Å². The number of rotatable bonds is 7. The van der Waals surface area contributed by atoms with E-state index in [0.717, 1.165) is 44.9 Å². The molecule has 0 radical (unpaired) electrons. The number of piperidine rings is 1. The Morgan fingerprint density at radius 1 is 1.03 bits per heavy atom. The lowest BCUT2D eigenvalue weighted by atomic mass is 9.97. The molecule has 0 aliphatic carbocycles. The van der Waals surface area contributed by atoms with Crippen LogP contribution in [0.1, 0.15) is 49.3 Å². The first-order valence-electron chi connectivity index (χ1n) is 12.2. The zero-order valence-corrected chi connectivity index (χ0v) is 20.0. The molecule has 2 N–H and O–H groups in total. The Hall–Kier alpha value is -2.86. The average Bonchev–Trinajstić information content (AvgIpc) is 3.23. The highest BCUT2D eigenvalue weighted by Crippen LogP contribution is 2.20. The lowest BCUT2D eigenvalue weighted by molar-refractivity contribution is -0.128. The number of hydrogen-bond acceptors (Lipinski definition) is 3. The number of amides is 1. The molecule has 2 atom stereocenters. The number of hydrogen-bond donors (Lipinski definition) is 2. The predicted octanol–water partition coefficient (Wildman–Crippen LogP) is 3.53. The van der Waals surface area contributed by atoms with Gasteiger partial charge in [0.25, 0.3) is 0 Å². The van der Waals surface area contributed by atoms with E-state index in [4.69, 9.17) is 0 Å². The van der Waals surface area contributed by atoms with Crippen LogP contribution in [-0.2, 0) is 24.4 Å². The summed E-state index contributed by atoms with van der Waals surface area (Å²) in [5.41, 5.74) is 3.77. The van der Waals surface area contributed by atoms with Crippen LogP contribution in [0, 0.1) is 0 Å². The standard InChI is InChI=1S/C27H37N5O/c1-21-16-25(13-15-31(21)19-22-8-4-3-5-9-22)30-27(28-2)29-18-23-10-6-11-24(17-23)20-32-14-7-12-26(32)33/h3-6,8-11,17,21,25H,7,12-16,18-20H2,1-2H3,(H2,28,29,30). The van der Waals surface area contributed by atoms with Gasteiger partial charge in [0.2, 0.25) is 5.91 Å². The Bertz CT molecular complexity index is 945. The zero-order chi connectivity index (χ0) is 23.0. The number of likely N-dealkylation sites (tertiary alicyclic amines) is 2. The molecule has 6 heteroatoms. The number of benzene rings is 2. The fraction of sp³-hybridized carbons (Fsp3) is 0.481. The van der Waals surface area contributed by atoms with Crippen molar-refractivity contribution in [1.82, 2.24) is 20.4 Å². The molecule has 2 aliphatic heterocycles. The Morgan fingerprint density at radius 2 is 1.82 bits per heavy atom. The van der Waals surface area contributed by atoms with Gasteiger partial charge in [-0.05, 0) is 42.9 Å². The number of nitrogens with one attached hydrogen (secondary N) is 2. The smallest absolute Gasteiger partial charge is 0.222 e. The van der Waals surface area contributed by atoms with Crippen molar-refractivity contribution in [2.75, 3.05) is 20.1 Å². The second kappa shape index (κ2) is 11.3. The van der Waals surface area contributed by atoms with Crippen LogP contribution in [0.2, 0.25) is 0 Å². The van der Waals surface area contributed by atoms with Crippen molar-refractivity contribution in [3.05, 3.63) is 71.3 Å². The molecule has 2 aromatic rings. The Kier molecular flexibility index (Phi) is 8.00. The summed E-state index contributed by atoms with van der Waals surface area (Å²) in [6, 6.07) is 20.2. The third-order valence-electron chi connectivity index (χ3n) is 6.80. The maximum Gasteiger partial charge on any atom is 0.222 e. The van der Waals surface area contributed by atoms with Crippen LogP contribution in [0.5, 0.6) is 0 Å². The lowest BCUT2D eigenvalue weighted by Crippen LogP contribution is -2.51. The molecule has 0 saturated carbocycles. The molecule has 2 saturated heterocycles. The Balaban J connectivity index is 1.25. The predicted molar refractivity (Wildman–Crippen MR) is 134 cm³/mol. The third kappa shape index (κ3) is 6.57. The molecular formula is C27H37N5O. The largest absolute Gasteiger partial charge is 0.354 e. The fourth-order valence-corrected chi connectivity index (χ4v) is 4.91. The topological polar surface area (TPSA) is 60.0 Å². The van der Waals surface area contributed by atoms with Crippen molar-refractivity contribution in [2.45, 2.75) is 64.3 Å². The summed E-state index contributed by atoms with van der Waals surface area (Å²) >= 11 is 0. The van der Waals surface area contributed by atoms with Gasteiger partial charge in [0.15, 0.2) is 5.96 Å². The molecule has 176 valence electrons. The summed E-state index contributed by atoms with van der Waals surface area (Å²) in [6.07, 6.45) is 3.88. The first-order chi connectivity index (χ1) is 16.1. The quantitative estimate of drug-likeness (QED) is 0.504. The van der Waals surface area contributed by atoms with Crippen LogP contribution >= 0.6 is 0 Å². The minimum absolute atomic E-state index is 0.271. The zero-order valence-electron chi connectivity index (χ0n) is 20.0. The number of guanidine groups is 1. The highest BCUT2D eigenvalue weighted by atomic mass is 16.2. The lowest BCUT2D eigenvalue weighted by Gasteiger charge is -2.38. The van der Waals surface area contributed by atoms with Crippen LogP contribution in [0.15, 0.2) is 59.6 Å². The molecule has 2 unspecified atom stereocenters. The van der Waals surface area contributed by atoms with Gasteiger partial charge < -0.3 is 15.5 Å². The molecule has 2 aliphatic rings. The summed E-state index contributed by atoms with van der Waals surface area (Å²) in [6.45, 7) is 6.72. The minimum atomic E-state index is 0.271. The number of carbonyl (C=O) groups is 1. The molecule has 0 spiro atoms. The van der Waals surface area contributed by atoms with Crippen LogP contribution in [0.3, 0.4) is 0 Å². The second-order valence-corrected chi connectivity index (χ2v) is 9.34. The second-order valence-electron chi connectivity index (χ2n) is 9.34. The van der Waals surface area contributed by atoms with Crippen LogP contribution in [0.25, 0.3) is 0 Å². The SMILES string of the molecule is CN=C(NCc1cccc(CN2CCCC2=O)c1)NC1CCN(Cc2ccccc2)C(C)C1. The van der Waals surface area contributed by atoms with Crippen LogP contribution < -0.4 is 10.6 Å². The molecule has 4 rings (SSSR count). The number of nitrogens with zero attached hydrogens (tertiary/aromatic N) is 3. The van der Waals surface area contributed by atoms with Gasteiger partial charge in [-0.25, -0.2) is 0 Å². The van der Waals surface area contributed by atoms with Crippen molar-refractivity contribution in [3.63, 3.8) is 0 Å². The van der Waals surface area contributed by atoms with Crippen molar-refractivity contribution in [3.8, 4) is 0 Å². The summed E-state index contributed by atoms with van der Waals surface area (Å²) in [5.74, 6) is 1.12. The van der Waals surface area contributed by atoms with E-state index in [1.165, 1.54) is 16.7 Å². The maximum absolute atomic E-state index is 11.9. The molecular weight excluding hydrogens is 410 g/mol. The van der Waals surface area contributed by atoms with Gasteiger partial charge in [-0.15, -0.1) is 0 Å². The minimum Gasteiger partial charge on any atom is -0.354 e. The van der Waals surface area contributed by atoms with E-state index in [1.807, 2.05) is 11.9 Å². The first-order valence-corrected chi connectivity index (χ1v) is 12.2. The molecule has 1 amide bonds. The van der Waals surface area contributed by atoms with Crippen molar-refractivity contribution < 1.29 is 4.79 Å². The van der Waals surface area contributed by atoms with E-state index < -0.39 is 0 Å². The highest BCUT2D eigenvalue weighted by molar-refractivity contribution is 5.80. The van der Waals surface area contributed by atoms with Gasteiger partial charge in [-0.3, -0.25) is 14.7 Å². The van der Waals surface area contributed by atoms with Gasteiger partial charge in [-0.1, -0.05) is 54.6 Å². The molecule has 6 nitrogen and oxygen atoms in total. The van der Waals surface area contributed by atoms with Gasteiger partial charge in [0.1, 0.15) is 0 Å². The van der Waals surface area contributed by atoms with Gasteiger partial charge in [0, 0.05) is 58.3 Å². The fourth-order valence-electron chi connectivity index (χ4n) is 4.91. The summed E-state index contributed by atoms with van der Waals surface area (Å²) in [7, 11) is 1.83. The van der Waals surface area contributed by atoms with E-state index in [9.17, 15) is 4.79 Å². The molecule has 0 bridgehead atoms. The number of aliphatic imine (C=N–C) groups is 1. The monoisotopic (exact) mass is 447 g/mol. The summed E-state index contributed by atoms with van der Waals surface area (Å²) < 4.78 is 0. The van der Waals surface area contributed by atoms with E-state index in [-0.39, 0.29) is 5.91 Å². The molecule has 2 fully saturated rings. The molecule has 2 aromatic carbocycles. The third-order valence-corrected chi connectivity index (χ3v) is 6.80. The van der Waals surface area contributed by atoms with Crippen molar-refractivity contribution in [1.29, 1.82) is 0 Å².